The van der Waals surface area contributed by atoms with Crippen molar-refractivity contribution in [3.05, 3.63) is 53.6 Å². The summed E-state index contributed by atoms with van der Waals surface area (Å²) >= 11 is 0. The molecule has 148 valence electrons. The first-order chi connectivity index (χ1) is 13.2. The highest BCUT2D eigenvalue weighted by molar-refractivity contribution is 6.08. The van der Waals surface area contributed by atoms with Gasteiger partial charge in [-0.25, -0.2) is 4.79 Å². The van der Waals surface area contributed by atoms with Crippen LogP contribution in [0, 0.1) is 0 Å². The molecule has 2 aromatic carbocycles. The Bertz CT molecular complexity index is 888. The number of carbonyl (C=O) groups excluding carboxylic acids is 1. The molecule has 7 heteroatoms. The van der Waals surface area contributed by atoms with Crippen LogP contribution in [0.1, 0.15) is 29.8 Å². The number of carboxylic acids is 1. The third-order valence-electron chi connectivity index (χ3n) is 3.95. The van der Waals surface area contributed by atoms with E-state index >= 15 is 0 Å². The van der Waals surface area contributed by atoms with Crippen LogP contribution >= 0.6 is 0 Å². The molecule has 0 aliphatic rings. The largest absolute Gasteiger partial charge is 0.507 e. The minimum Gasteiger partial charge on any atom is -0.507 e. The predicted octanol–water partition coefficient (Wildman–Crippen LogP) is 3.55. The van der Waals surface area contributed by atoms with Crippen molar-refractivity contribution in [1.29, 1.82) is 0 Å². The van der Waals surface area contributed by atoms with Crippen LogP contribution in [0.25, 0.3) is 6.08 Å². The van der Waals surface area contributed by atoms with Crippen LogP contribution in [0.15, 0.2) is 42.5 Å². The third kappa shape index (κ3) is 4.62. The molecule has 0 heterocycles. The first-order valence-electron chi connectivity index (χ1n) is 8.38. The topological polar surface area (TPSA) is 102 Å². The fourth-order valence-electron chi connectivity index (χ4n) is 2.34. The van der Waals surface area contributed by atoms with Gasteiger partial charge in [0.15, 0.2) is 22.9 Å². The maximum absolute atomic E-state index is 12.3. The molecule has 2 N–H and O–H groups in total. The zero-order valence-corrected chi connectivity index (χ0v) is 16.1. The lowest BCUT2D eigenvalue weighted by Gasteiger charge is -2.24. The predicted molar refractivity (Wildman–Crippen MR) is 103 cm³/mol. The molecule has 28 heavy (non-hydrogen) atoms. The maximum Gasteiger partial charge on any atom is 0.347 e. The SMILES string of the molecule is COc1cc(C=CC(=O)c2ccccc2O)cc(OC)c1OC(C)(C)C(=O)O. The second-order valence-corrected chi connectivity index (χ2v) is 6.39. The minimum atomic E-state index is -1.50. The van der Waals surface area contributed by atoms with Crippen molar-refractivity contribution in [2.24, 2.45) is 0 Å². The normalized spacial score (nSPS) is 11.3. The standard InChI is InChI=1S/C21H22O7/c1-21(2,20(24)25)28-19-17(26-3)11-13(12-18(19)27-4)9-10-16(23)14-7-5-6-8-15(14)22/h5-12,22H,1-4H3,(H,24,25). The number of benzene rings is 2. The van der Waals surface area contributed by atoms with Crippen LogP contribution in [-0.2, 0) is 4.79 Å². The fraction of sp³-hybridized carbons (Fsp3) is 0.238. The lowest BCUT2D eigenvalue weighted by Crippen LogP contribution is -2.38. The Morgan fingerprint density at radius 1 is 1.04 bits per heavy atom. The lowest BCUT2D eigenvalue weighted by molar-refractivity contribution is -0.152. The average molecular weight is 386 g/mol. The summed E-state index contributed by atoms with van der Waals surface area (Å²) in [7, 11) is 2.83. The summed E-state index contributed by atoms with van der Waals surface area (Å²) < 4.78 is 16.2. The Labute approximate surface area is 162 Å². The van der Waals surface area contributed by atoms with Gasteiger partial charge >= 0.3 is 5.97 Å². The molecule has 0 bridgehead atoms. The van der Waals surface area contributed by atoms with E-state index in [1.807, 2.05) is 0 Å². The first kappa shape index (κ1) is 20.8. The van der Waals surface area contributed by atoms with Crippen LogP contribution in [-0.4, -0.2) is 41.8 Å². The smallest absolute Gasteiger partial charge is 0.347 e. The molecule has 0 atom stereocenters. The van der Waals surface area contributed by atoms with Crippen LogP contribution in [0.3, 0.4) is 0 Å². The highest BCUT2D eigenvalue weighted by atomic mass is 16.6. The Kier molecular flexibility index (Phi) is 6.30. The average Bonchev–Trinajstić information content (AvgIpc) is 2.66. The van der Waals surface area contributed by atoms with E-state index in [1.54, 1.807) is 24.3 Å². The van der Waals surface area contributed by atoms with E-state index in [0.29, 0.717) is 5.56 Å². The van der Waals surface area contributed by atoms with Crippen molar-refractivity contribution in [3.63, 3.8) is 0 Å². The van der Waals surface area contributed by atoms with E-state index < -0.39 is 11.6 Å². The van der Waals surface area contributed by atoms with Crippen molar-refractivity contribution in [1.82, 2.24) is 0 Å². The minimum absolute atomic E-state index is 0.105. The summed E-state index contributed by atoms with van der Waals surface area (Å²) in [6.07, 6.45) is 2.84. The zero-order chi connectivity index (χ0) is 20.9. The fourth-order valence-corrected chi connectivity index (χ4v) is 2.34. The highest BCUT2D eigenvalue weighted by Crippen LogP contribution is 2.41. The number of phenolic OH excluding ortho intramolecular Hbond substituents is 1. The van der Waals surface area contributed by atoms with Gasteiger partial charge in [-0.2, -0.15) is 0 Å². The number of aromatic hydroxyl groups is 1. The number of ether oxygens (including phenoxy) is 3. The van der Waals surface area contributed by atoms with Crippen LogP contribution in [0.4, 0.5) is 0 Å². The molecule has 2 rings (SSSR count). The quantitative estimate of drug-likeness (QED) is 0.528. The molecule has 0 amide bonds. The summed E-state index contributed by atoms with van der Waals surface area (Å²) in [6.45, 7) is 2.82. The zero-order valence-electron chi connectivity index (χ0n) is 16.1. The molecule has 2 aromatic rings. The van der Waals surface area contributed by atoms with Gasteiger partial charge in [-0.05, 0) is 49.8 Å². The van der Waals surface area contributed by atoms with Gasteiger partial charge in [0.2, 0.25) is 5.75 Å². The number of aliphatic carboxylic acids is 1. The molecular weight excluding hydrogens is 364 g/mol. The second-order valence-electron chi connectivity index (χ2n) is 6.39. The molecule has 0 aliphatic carbocycles. The summed E-state index contributed by atoms with van der Waals surface area (Å²) in [5.74, 6) is -0.975. The maximum atomic E-state index is 12.3. The number of phenols is 1. The number of allylic oxidation sites excluding steroid dienone is 1. The van der Waals surface area contributed by atoms with E-state index in [4.69, 9.17) is 14.2 Å². The molecule has 0 unspecified atom stereocenters. The monoisotopic (exact) mass is 386 g/mol. The van der Waals surface area contributed by atoms with Gasteiger partial charge in [-0.15, -0.1) is 0 Å². The van der Waals surface area contributed by atoms with Crippen LogP contribution < -0.4 is 14.2 Å². The van der Waals surface area contributed by atoms with Gasteiger partial charge in [-0.1, -0.05) is 18.2 Å². The summed E-state index contributed by atoms with van der Waals surface area (Å²) in [4.78, 5) is 23.6. The number of para-hydroxylation sites is 1. The first-order valence-corrected chi connectivity index (χ1v) is 8.38. The Morgan fingerprint density at radius 3 is 2.11 bits per heavy atom. The van der Waals surface area contributed by atoms with E-state index in [0.717, 1.165) is 0 Å². The van der Waals surface area contributed by atoms with E-state index in [2.05, 4.69) is 0 Å². The molecular formula is C21H22O7. The number of ketones is 1. The van der Waals surface area contributed by atoms with Crippen LogP contribution in [0.2, 0.25) is 0 Å². The number of methoxy groups -OCH3 is 2. The Balaban J connectivity index is 2.38. The van der Waals surface area contributed by atoms with Gasteiger partial charge in [0.25, 0.3) is 0 Å². The lowest BCUT2D eigenvalue weighted by atomic mass is 10.1. The molecule has 0 spiro atoms. The number of carbonyl (C=O) groups is 2. The number of hydrogen-bond donors (Lipinski definition) is 2. The molecule has 0 saturated carbocycles. The van der Waals surface area contributed by atoms with Gasteiger partial charge in [0, 0.05) is 0 Å². The van der Waals surface area contributed by atoms with Gasteiger partial charge < -0.3 is 24.4 Å². The number of rotatable bonds is 8. The Morgan fingerprint density at radius 2 is 1.61 bits per heavy atom. The molecule has 0 aromatic heterocycles. The van der Waals surface area contributed by atoms with Crippen molar-refractivity contribution in [2.45, 2.75) is 19.4 Å². The third-order valence-corrected chi connectivity index (χ3v) is 3.95. The molecule has 0 radical (unpaired) electrons. The Hall–Kier alpha value is -3.48. The summed E-state index contributed by atoms with van der Waals surface area (Å²) in [5, 5.41) is 19.1. The van der Waals surface area contributed by atoms with Crippen molar-refractivity contribution >= 4 is 17.8 Å². The van der Waals surface area contributed by atoms with E-state index in [1.165, 1.54) is 52.4 Å². The van der Waals surface area contributed by atoms with Crippen LogP contribution in [0.5, 0.6) is 23.0 Å². The summed E-state index contributed by atoms with van der Waals surface area (Å²) in [5.41, 5.74) is -0.752. The number of hydrogen-bond acceptors (Lipinski definition) is 6. The molecule has 0 fully saturated rings. The summed E-state index contributed by atoms with van der Waals surface area (Å²) in [6, 6.07) is 9.42. The second kappa shape index (κ2) is 8.47. The van der Waals surface area contributed by atoms with E-state index in [9.17, 15) is 19.8 Å². The van der Waals surface area contributed by atoms with Crippen molar-refractivity contribution < 1.29 is 34.0 Å². The van der Waals surface area contributed by atoms with Gasteiger partial charge in [0.1, 0.15) is 5.75 Å². The van der Waals surface area contributed by atoms with Crippen molar-refractivity contribution in [3.8, 4) is 23.0 Å². The highest BCUT2D eigenvalue weighted by Gasteiger charge is 2.32. The van der Waals surface area contributed by atoms with E-state index in [-0.39, 0.29) is 34.3 Å². The molecule has 7 nitrogen and oxygen atoms in total. The molecule has 0 saturated heterocycles. The number of carboxylic acid groups (broad SMARTS) is 1. The van der Waals surface area contributed by atoms with Gasteiger partial charge in [0.05, 0.1) is 19.8 Å². The van der Waals surface area contributed by atoms with Gasteiger partial charge in [-0.3, -0.25) is 4.79 Å². The van der Waals surface area contributed by atoms with Crippen molar-refractivity contribution in [2.75, 3.05) is 14.2 Å². The molecule has 0 aliphatic heterocycles.